The second-order valence-corrected chi connectivity index (χ2v) is 8.20. The molecule has 0 aliphatic carbocycles. The molecule has 0 bridgehead atoms. The highest BCUT2D eigenvalue weighted by atomic mass is 16.5. The molecule has 32 heavy (non-hydrogen) atoms. The minimum atomic E-state index is 0.717. The van der Waals surface area contributed by atoms with Crippen molar-refractivity contribution < 1.29 is 9.53 Å². The van der Waals surface area contributed by atoms with Crippen LogP contribution in [-0.4, -0.2) is 37.5 Å². The molecule has 4 nitrogen and oxygen atoms in total. The molecule has 1 aromatic rings. The normalized spacial score (nSPS) is 16.0. The molecule has 1 aliphatic heterocycles. The standard InChI is InChI=1S/C28H38N2O2/c1-6-8-13-28(23(4)21-31)29-24(5)27(10-7-2)18-22(3)26-12-9-11-25(19-26)20-30-14-16-32-17-15-30/h7,9-12,18-19,21,29H,3,5-6,8,13-17,20H2,1-2,4H3/b10-7-,27-18+,28-23+. The predicted octanol–water partition coefficient (Wildman–Crippen LogP) is 5.80. The fourth-order valence-electron chi connectivity index (χ4n) is 3.61. The number of nitrogens with one attached hydrogen (secondary N) is 1. The maximum Gasteiger partial charge on any atom is 0.147 e. The van der Waals surface area contributed by atoms with Crippen molar-refractivity contribution in [3.63, 3.8) is 0 Å². The fourth-order valence-corrected chi connectivity index (χ4v) is 3.61. The third-order valence-electron chi connectivity index (χ3n) is 5.57. The van der Waals surface area contributed by atoms with Gasteiger partial charge in [-0.3, -0.25) is 9.69 Å². The van der Waals surface area contributed by atoms with E-state index in [2.05, 4.69) is 60.6 Å². The Bertz CT molecular complexity index is 886. The zero-order valence-electron chi connectivity index (χ0n) is 20.0. The summed E-state index contributed by atoms with van der Waals surface area (Å²) in [6.45, 7) is 19.0. The number of nitrogens with zero attached hydrogens (tertiary/aromatic N) is 1. The minimum Gasteiger partial charge on any atom is -0.379 e. The number of carbonyl (C=O) groups is 1. The molecular weight excluding hydrogens is 396 g/mol. The minimum absolute atomic E-state index is 0.717. The molecule has 0 unspecified atom stereocenters. The SMILES string of the molecule is C=C(N/C(CCCC)=C(\C)C=O)C(/C=C\C)=C/C(=C)c1cccc(CN2CCOCC2)c1. The summed E-state index contributed by atoms with van der Waals surface area (Å²) in [5, 5.41) is 3.38. The molecule has 1 saturated heterocycles. The first kappa shape index (κ1) is 25.6. The van der Waals surface area contributed by atoms with Crippen LogP contribution in [0.25, 0.3) is 5.57 Å². The van der Waals surface area contributed by atoms with Crippen LogP contribution in [0.3, 0.4) is 0 Å². The lowest BCUT2D eigenvalue weighted by Gasteiger charge is -2.26. The molecular formula is C28H38N2O2. The third kappa shape index (κ3) is 8.10. The van der Waals surface area contributed by atoms with Crippen LogP contribution in [0.1, 0.15) is 51.2 Å². The second kappa shape index (κ2) is 13.7. The van der Waals surface area contributed by atoms with Crippen molar-refractivity contribution in [3.8, 4) is 0 Å². The van der Waals surface area contributed by atoms with E-state index in [-0.39, 0.29) is 0 Å². The lowest BCUT2D eigenvalue weighted by atomic mass is 10.00. The van der Waals surface area contributed by atoms with Crippen LogP contribution in [0, 0.1) is 0 Å². The summed E-state index contributed by atoms with van der Waals surface area (Å²) < 4.78 is 5.45. The largest absolute Gasteiger partial charge is 0.379 e. The van der Waals surface area contributed by atoms with Crippen molar-refractivity contribution >= 4 is 11.9 Å². The Hall–Kier alpha value is -2.69. The van der Waals surface area contributed by atoms with Gasteiger partial charge in [0.05, 0.1) is 13.2 Å². The molecule has 0 amide bonds. The van der Waals surface area contributed by atoms with Crippen molar-refractivity contribution in [2.24, 2.45) is 0 Å². The van der Waals surface area contributed by atoms with Crippen molar-refractivity contribution in [2.75, 3.05) is 26.3 Å². The average molecular weight is 435 g/mol. The summed E-state index contributed by atoms with van der Waals surface area (Å²) in [4.78, 5) is 13.8. The van der Waals surface area contributed by atoms with Crippen molar-refractivity contribution in [2.45, 2.75) is 46.6 Å². The van der Waals surface area contributed by atoms with Crippen LogP contribution in [0.15, 0.2) is 78.2 Å². The molecule has 1 fully saturated rings. The smallest absolute Gasteiger partial charge is 0.147 e. The summed E-state index contributed by atoms with van der Waals surface area (Å²) >= 11 is 0. The summed E-state index contributed by atoms with van der Waals surface area (Å²) in [6, 6.07) is 8.55. The van der Waals surface area contributed by atoms with E-state index in [1.54, 1.807) is 0 Å². The number of rotatable bonds is 12. The van der Waals surface area contributed by atoms with Crippen LogP contribution >= 0.6 is 0 Å². The van der Waals surface area contributed by atoms with Crippen LogP contribution < -0.4 is 5.32 Å². The van der Waals surface area contributed by atoms with E-state index in [1.165, 1.54) is 5.56 Å². The van der Waals surface area contributed by atoms with Gasteiger partial charge in [0.15, 0.2) is 0 Å². The highest BCUT2D eigenvalue weighted by Gasteiger charge is 2.11. The van der Waals surface area contributed by atoms with E-state index < -0.39 is 0 Å². The number of unbranched alkanes of at least 4 members (excludes halogenated alkanes) is 1. The van der Waals surface area contributed by atoms with Gasteiger partial charge in [-0.1, -0.05) is 56.9 Å². The molecule has 1 aromatic carbocycles. The molecule has 0 atom stereocenters. The molecule has 172 valence electrons. The van der Waals surface area contributed by atoms with E-state index in [0.29, 0.717) is 5.57 Å². The molecule has 1 N–H and O–H groups in total. The van der Waals surface area contributed by atoms with E-state index in [9.17, 15) is 4.79 Å². The Labute approximate surface area is 194 Å². The highest BCUT2D eigenvalue weighted by molar-refractivity contribution is 5.75. The lowest BCUT2D eigenvalue weighted by Crippen LogP contribution is -2.35. The number of hydrogen-bond donors (Lipinski definition) is 1. The van der Waals surface area contributed by atoms with Gasteiger partial charge in [0.25, 0.3) is 0 Å². The molecule has 1 aliphatic rings. The summed E-state index contributed by atoms with van der Waals surface area (Å²) in [5.41, 5.74) is 6.65. The van der Waals surface area contributed by atoms with Crippen LogP contribution in [0.5, 0.6) is 0 Å². The summed E-state index contributed by atoms with van der Waals surface area (Å²) in [5.74, 6) is 0. The number of allylic oxidation sites excluding steroid dienone is 6. The molecule has 1 heterocycles. The Balaban J connectivity index is 2.18. The van der Waals surface area contributed by atoms with Crippen molar-refractivity contribution in [1.82, 2.24) is 10.2 Å². The Morgan fingerprint density at radius 3 is 2.66 bits per heavy atom. The maximum absolute atomic E-state index is 11.3. The topological polar surface area (TPSA) is 41.6 Å². The van der Waals surface area contributed by atoms with Crippen LogP contribution in [0.2, 0.25) is 0 Å². The van der Waals surface area contributed by atoms with Gasteiger partial charge in [-0.2, -0.15) is 0 Å². The lowest BCUT2D eigenvalue weighted by molar-refractivity contribution is -0.104. The number of carbonyl (C=O) groups excluding carboxylic acids is 1. The maximum atomic E-state index is 11.3. The van der Waals surface area contributed by atoms with Crippen molar-refractivity contribution in [1.29, 1.82) is 0 Å². The quantitative estimate of drug-likeness (QED) is 0.256. The van der Waals surface area contributed by atoms with Gasteiger partial charge in [0.1, 0.15) is 6.29 Å². The first-order valence-corrected chi connectivity index (χ1v) is 11.5. The van der Waals surface area contributed by atoms with Gasteiger partial charge in [0.2, 0.25) is 0 Å². The summed E-state index contributed by atoms with van der Waals surface area (Å²) in [7, 11) is 0. The number of ether oxygens (including phenoxy) is 1. The van der Waals surface area contributed by atoms with E-state index >= 15 is 0 Å². The van der Waals surface area contributed by atoms with E-state index in [4.69, 9.17) is 4.74 Å². The number of benzene rings is 1. The number of aldehydes is 1. The van der Waals surface area contributed by atoms with E-state index in [1.807, 2.05) is 26.0 Å². The second-order valence-electron chi connectivity index (χ2n) is 8.20. The van der Waals surface area contributed by atoms with Crippen LogP contribution in [-0.2, 0) is 16.1 Å². The first-order chi connectivity index (χ1) is 15.5. The number of hydrogen-bond acceptors (Lipinski definition) is 4. The Morgan fingerprint density at radius 1 is 1.25 bits per heavy atom. The molecule has 0 aromatic heterocycles. The molecule has 2 rings (SSSR count). The Kier molecular flexibility index (Phi) is 10.9. The molecule has 0 saturated carbocycles. The molecule has 0 spiro atoms. The predicted molar refractivity (Wildman–Crippen MR) is 135 cm³/mol. The van der Waals surface area contributed by atoms with Gasteiger partial charge in [0, 0.05) is 36.6 Å². The van der Waals surface area contributed by atoms with Gasteiger partial charge in [-0.25, -0.2) is 0 Å². The monoisotopic (exact) mass is 434 g/mol. The van der Waals surface area contributed by atoms with Crippen molar-refractivity contribution in [3.05, 3.63) is 89.3 Å². The molecule has 4 heteroatoms. The third-order valence-corrected chi connectivity index (χ3v) is 5.57. The highest BCUT2D eigenvalue weighted by Crippen LogP contribution is 2.22. The van der Waals surface area contributed by atoms with E-state index in [0.717, 1.165) is 86.5 Å². The number of morpholine rings is 1. The first-order valence-electron chi connectivity index (χ1n) is 11.5. The van der Waals surface area contributed by atoms with Crippen LogP contribution in [0.4, 0.5) is 0 Å². The van der Waals surface area contributed by atoms with Gasteiger partial charge in [-0.15, -0.1) is 0 Å². The van der Waals surface area contributed by atoms with Gasteiger partial charge in [-0.05, 0) is 61.1 Å². The summed E-state index contributed by atoms with van der Waals surface area (Å²) in [6.07, 6.45) is 9.88. The zero-order valence-corrected chi connectivity index (χ0v) is 20.0. The molecule has 0 radical (unpaired) electrons. The van der Waals surface area contributed by atoms with Gasteiger partial charge < -0.3 is 10.1 Å². The Morgan fingerprint density at radius 2 is 2.00 bits per heavy atom. The average Bonchev–Trinajstić information content (AvgIpc) is 2.81. The van der Waals surface area contributed by atoms with Gasteiger partial charge >= 0.3 is 0 Å². The zero-order chi connectivity index (χ0) is 23.3. The fraction of sp³-hybridized carbons (Fsp3) is 0.393.